The maximum Gasteiger partial charge on any atom is 0.409 e. The Labute approximate surface area is 140 Å². The van der Waals surface area contributed by atoms with Gasteiger partial charge in [-0.1, -0.05) is 6.07 Å². The zero-order valence-corrected chi connectivity index (χ0v) is 14.3. The number of hydrogen-bond donors (Lipinski definition) is 0. The second kappa shape index (κ2) is 6.51. The van der Waals surface area contributed by atoms with E-state index in [1.807, 2.05) is 36.7 Å². The SMILES string of the molecule is COC(=O)N1CCN(C(=O)Cc2ccc3c(c2)nc(C)n3C)CC1. The molecule has 1 aromatic carbocycles. The number of hydrogen-bond acceptors (Lipinski definition) is 4. The molecule has 1 aromatic heterocycles. The number of carbonyl (C=O) groups excluding carboxylic acids is 2. The van der Waals surface area contributed by atoms with Crippen LogP contribution in [-0.2, 0) is 23.0 Å². The summed E-state index contributed by atoms with van der Waals surface area (Å²) >= 11 is 0. The molecule has 0 N–H and O–H groups in total. The van der Waals surface area contributed by atoms with Gasteiger partial charge < -0.3 is 19.1 Å². The molecule has 24 heavy (non-hydrogen) atoms. The van der Waals surface area contributed by atoms with Gasteiger partial charge >= 0.3 is 6.09 Å². The third-order valence-corrected chi connectivity index (χ3v) is 4.59. The number of methoxy groups -OCH3 is 1. The smallest absolute Gasteiger partial charge is 0.409 e. The van der Waals surface area contributed by atoms with E-state index in [1.54, 1.807) is 9.80 Å². The van der Waals surface area contributed by atoms with E-state index in [2.05, 4.69) is 4.98 Å². The number of carbonyl (C=O) groups is 2. The molecule has 0 unspecified atom stereocenters. The summed E-state index contributed by atoms with van der Waals surface area (Å²) in [4.78, 5) is 31.9. The van der Waals surface area contributed by atoms with Crippen LogP contribution < -0.4 is 0 Å². The first-order valence-corrected chi connectivity index (χ1v) is 8.02. The van der Waals surface area contributed by atoms with Gasteiger partial charge in [0, 0.05) is 33.2 Å². The largest absolute Gasteiger partial charge is 0.453 e. The summed E-state index contributed by atoms with van der Waals surface area (Å²) in [6.07, 6.45) is 0.0159. The fraction of sp³-hybridized carbons (Fsp3) is 0.471. The molecule has 0 saturated carbocycles. The van der Waals surface area contributed by atoms with Crippen LogP contribution in [0.5, 0.6) is 0 Å². The van der Waals surface area contributed by atoms with E-state index < -0.39 is 0 Å². The number of aryl methyl sites for hydroxylation is 2. The van der Waals surface area contributed by atoms with Gasteiger partial charge in [0.25, 0.3) is 0 Å². The maximum atomic E-state index is 12.5. The number of ether oxygens (including phenoxy) is 1. The van der Waals surface area contributed by atoms with Crippen molar-refractivity contribution in [3.8, 4) is 0 Å². The van der Waals surface area contributed by atoms with Crippen molar-refractivity contribution in [2.24, 2.45) is 7.05 Å². The first kappa shape index (κ1) is 16.3. The Bertz CT molecular complexity index is 775. The molecule has 2 aromatic rings. The lowest BCUT2D eigenvalue weighted by atomic mass is 10.1. The van der Waals surface area contributed by atoms with Gasteiger partial charge in [-0.25, -0.2) is 9.78 Å². The molecule has 1 fully saturated rings. The first-order chi connectivity index (χ1) is 11.5. The lowest BCUT2D eigenvalue weighted by Gasteiger charge is -2.33. The van der Waals surface area contributed by atoms with Crippen molar-refractivity contribution >= 4 is 23.0 Å². The lowest BCUT2D eigenvalue weighted by Crippen LogP contribution is -2.50. The molecular weight excluding hydrogens is 308 g/mol. The highest BCUT2D eigenvalue weighted by atomic mass is 16.5. The van der Waals surface area contributed by atoms with Gasteiger partial charge in [-0.15, -0.1) is 0 Å². The molecule has 2 amide bonds. The van der Waals surface area contributed by atoms with E-state index in [0.717, 1.165) is 22.4 Å². The molecule has 7 heteroatoms. The Balaban J connectivity index is 1.64. The molecule has 7 nitrogen and oxygen atoms in total. The van der Waals surface area contributed by atoms with Crippen molar-refractivity contribution in [2.45, 2.75) is 13.3 Å². The van der Waals surface area contributed by atoms with Crippen molar-refractivity contribution < 1.29 is 14.3 Å². The Kier molecular flexibility index (Phi) is 4.42. The van der Waals surface area contributed by atoms with Crippen molar-refractivity contribution in [1.29, 1.82) is 0 Å². The Morgan fingerprint density at radius 3 is 2.50 bits per heavy atom. The average Bonchev–Trinajstić information content (AvgIpc) is 2.88. The van der Waals surface area contributed by atoms with E-state index in [4.69, 9.17) is 4.74 Å². The number of nitrogens with zero attached hydrogens (tertiary/aromatic N) is 4. The summed E-state index contributed by atoms with van der Waals surface area (Å²) in [6.45, 7) is 4.07. The zero-order chi connectivity index (χ0) is 17.3. The molecule has 0 atom stereocenters. The number of rotatable bonds is 2. The third kappa shape index (κ3) is 3.06. The van der Waals surface area contributed by atoms with Gasteiger partial charge in [-0.05, 0) is 24.6 Å². The molecule has 2 heterocycles. The van der Waals surface area contributed by atoms with E-state index in [1.165, 1.54) is 7.11 Å². The van der Waals surface area contributed by atoms with Gasteiger partial charge in [0.1, 0.15) is 5.82 Å². The fourth-order valence-electron chi connectivity index (χ4n) is 3.03. The normalized spacial score (nSPS) is 15.0. The number of benzene rings is 1. The summed E-state index contributed by atoms with van der Waals surface area (Å²) in [5.41, 5.74) is 2.94. The Morgan fingerprint density at radius 1 is 1.17 bits per heavy atom. The molecule has 1 aliphatic rings. The van der Waals surface area contributed by atoms with Gasteiger partial charge in [-0.3, -0.25) is 4.79 Å². The Hall–Kier alpha value is -2.57. The number of imidazole rings is 1. The van der Waals surface area contributed by atoms with Gasteiger partial charge in [0.2, 0.25) is 5.91 Å². The fourth-order valence-corrected chi connectivity index (χ4v) is 3.03. The highest BCUT2D eigenvalue weighted by Crippen LogP contribution is 2.17. The van der Waals surface area contributed by atoms with Gasteiger partial charge in [0.05, 0.1) is 24.6 Å². The third-order valence-electron chi connectivity index (χ3n) is 4.59. The number of piperazine rings is 1. The molecule has 1 saturated heterocycles. The summed E-state index contributed by atoms with van der Waals surface area (Å²) < 4.78 is 6.74. The summed E-state index contributed by atoms with van der Waals surface area (Å²) in [5, 5.41) is 0. The molecule has 0 radical (unpaired) electrons. The first-order valence-electron chi connectivity index (χ1n) is 8.02. The highest BCUT2D eigenvalue weighted by Gasteiger charge is 2.24. The average molecular weight is 330 g/mol. The summed E-state index contributed by atoms with van der Waals surface area (Å²) in [5.74, 6) is 1.03. The van der Waals surface area contributed by atoms with Crippen LogP contribution >= 0.6 is 0 Å². The topological polar surface area (TPSA) is 67.7 Å². The summed E-state index contributed by atoms with van der Waals surface area (Å²) in [7, 11) is 3.35. The van der Waals surface area contributed by atoms with Crippen LogP contribution in [0.15, 0.2) is 18.2 Å². The van der Waals surface area contributed by atoms with E-state index in [0.29, 0.717) is 32.6 Å². The van der Waals surface area contributed by atoms with Crippen molar-refractivity contribution in [3.05, 3.63) is 29.6 Å². The highest BCUT2D eigenvalue weighted by molar-refractivity contribution is 5.82. The zero-order valence-electron chi connectivity index (χ0n) is 14.3. The van der Waals surface area contributed by atoms with Crippen LogP contribution in [0, 0.1) is 6.92 Å². The minimum absolute atomic E-state index is 0.0755. The van der Waals surface area contributed by atoms with E-state index >= 15 is 0 Å². The predicted octanol–water partition coefficient (Wildman–Crippen LogP) is 1.33. The van der Waals surface area contributed by atoms with Crippen molar-refractivity contribution in [3.63, 3.8) is 0 Å². The minimum Gasteiger partial charge on any atom is -0.453 e. The molecule has 3 rings (SSSR count). The quantitative estimate of drug-likeness (QED) is 0.833. The van der Waals surface area contributed by atoms with Crippen molar-refractivity contribution in [1.82, 2.24) is 19.4 Å². The second-order valence-corrected chi connectivity index (χ2v) is 6.06. The van der Waals surface area contributed by atoms with Crippen molar-refractivity contribution in [2.75, 3.05) is 33.3 Å². The number of fused-ring (bicyclic) bond motifs is 1. The van der Waals surface area contributed by atoms with Gasteiger partial charge in [-0.2, -0.15) is 0 Å². The lowest BCUT2D eigenvalue weighted by molar-refractivity contribution is -0.132. The van der Waals surface area contributed by atoms with Crippen LogP contribution in [0.1, 0.15) is 11.4 Å². The van der Waals surface area contributed by atoms with Crippen LogP contribution in [-0.4, -0.2) is 64.6 Å². The number of amides is 2. The summed E-state index contributed by atoms with van der Waals surface area (Å²) in [6, 6.07) is 5.96. The van der Waals surface area contributed by atoms with Gasteiger partial charge in [0.15, 0.2) is 0 Å². The van der Waals surface area contributed by atoms with Crippen LogP contribution in [0.3, 0.4) is 0 Å². The van der Waals surface area contributed by atoms with Crippen LogP contribution in [0.4, 0.5) is 4.79 Å². The standard InChI is InChI=1S/C17H22N4O3/c1-12-18-14-10-13(4-5-15(14)19(12)2)11-16(22)20-6-8-21(9-7-20)17(23)24-3/h4-5,10H,6-9,11H2,1-3H3. The molecule has 0 bridgehead atoms. The Morgan fingerprint density at radius 2 is 1.83 bits per heavy atom. The predicted molar refractivity (Wildman–Crippen MR) is 89.7 cm³/mol. The second-order valence-electron chi connectivity index (χ2n) is 6.06. The molecule has 0 spiro atoms. The molecule has 128 valence electrons. The number of aromatic nitrogens is 2. The van der Waals surface area contributed by atoms with Crippen LogP contribution in [0.25, 0.3) is 11.0 Å². The molecule has 0 aliphatic carbocycles. The van der Waals surface area contributed by atoms with Crippen LogP contribution in [0.2, 0.25) is 0 Å². The maximum absolute atomic E-state index is 12.5. The monoisotopic (exact) mass is 330 g/mol. The molecular formula is C17H22N4O3. The van der Waals surface area contributed by atoms with E-state index in [-0.39, 0.29) is 12.0 Å². The molecule has 1 aliphatic heterocycles. The minimum atomic E-state index is -0.335. The van der Waals surface area contributed by atoms with E-state index in [9.17, 15) is 9.59 Å².